The molecule has 130 heavy (non-hydrogen) atoms. The number of rotatable bonds is 97. The second-order valence-corrected chi connectivity index (χ2v) is 31.0. The third-order valence-electron chi connectivity index (χ3n) is 18.5. The van der Waals surface area contributed by atoms with Crippen molar-refractivity contribution in [2.45, 2.75) is 73.5 Å². The minimum Gasteiger partial charge on any atom is -0.501 e. The standard InChI is InChI=1S/C83H140N2O43S2/c1-82(2)76-70-74(129(88,89)90)13-15-78(76)84(19-21-119-121-123-125-127-128-126-124-122-120-69-23-95-5)80(82)11-9-12-81-83(3,17-8-6-7-10-73(87)72-86)77-71-75(130(91,92)93)14-16-79(77)85(81)18-20-96-25-26-98-29-30-100-33-34-102-37-38-104-41-42-106-45-46-108-49-50-110-53-54-112-57-58-114-61-62-116-65-66-118-68-67-117-64-63-115-60-59-113-56-55-111-52-51-109-48-47-107-44-43-105-40-39-103-36-35-101-32-31-99-28-27-97-24-22-94-4/h9,11-16,23,69-71,86H,6-8,10,17-22,24-68,72H2,1-5H3,(H-,88,89,90,91,92,93)/p+1/b69-23-. The first-order valence-electron chi connectivity index (χ1n) is 43.2. The number of benzene rings is 2. The molecule has 0 saturated carbocycles. The number of aliphatic hydroxyl groups excluding tert-OH is 1. The monoisotopic (exact) mass is 1920 g/mol. The molecular formula is C83H141N2O43S2+. The number of nitrogens with zero attached hydrogens (tertiary/aromatic N) is 2. The molecule has 45 nitrogen and oxygen atoms in total. The maximum atomic E-state index is 12.7. The molecular weight excluding hydrogens is 1780 g/mol. The number of ether oxygens (including phenoxy) is 25. The Bertz CT molecular complexity index is 3460. The fourth-order valence-corrected chi connectivity index (χ4v) is 13.2. The zero-order valence-electron chi connectivity index (χ0n) is 75.8. The maximum absolute atomic E-state index is 12.7. The third kappa shape index (κ3) is 57.0. The minimum atomic E-state index is -4.64. The zero-order chi connectivity index (χ0) is 93.5. The van der Waals surface area contributed by atoms with Crippen LogP contribution >= 0.6 is 0 Å². The zero-order valence-corrected chi connectivity index (χ0v) is 77.5. The van der Waals surface area contributed by atoms with E-state index in [1.54, 1.807) is 25.3 Å². The van der Waals surface area contributed by atoms with Gasteiger partial charge in [0.15, 0.2) is 24.3 Å². The first-order chi connectivity index (χ1) is 63.5. The fourth-order valence-electron chi connectivity index (χ4n) is 12.1. The van der Waals surface area contributed by atoms with Crippen molar-refractivity contribution in [1.82, 2.24) is 0 Å². The lowest BCUT2D eigenvalue weighted by atomic mass is 9.77. The minimum absolute atomic E-state index is 0.0604. The Morgan fingerprint density at radius 3 is 1.05 bits per heavy atom. The van der Waals surface area contributed by atoms with E-state index in [0.717, 1.165) is 18.2 Å². The van der Waals surface area contributed by atoms with Gasteiger partial charge >= 0.3 is 0 Å². The van der Waals surface area contributed by atoms with E-state index in [0.29, 0.717) is 351 Å². The van der Waals surface area contributed by atoms with Crippen LogP contribution in [0.15, 0.2) is 82.6 Å². The SMILES string of the molecule is CO/C=C\OOOOOOOOOOCC[N+]1=C(C=CC=C2N(CCOCCOCCOCCOCCOCCOCCOCCOCCOCCOCCOCCOCCOCCOCCOCCOCCOCCOCCOCCOCCOCCOCCOCCOC)c3ccc(S(=O)(=O)O)cc3C2(C)CCCCCC(=O)CO)C(C)(C)c2cc(S(=O)(=O)O)ccc21. The Morgan fingerprint density at radius 2 is 0.708 bits per heavy atom. The first-order valence-corrected chi connectivity index (χ1v) is 46.1. The van der Waals surface area contributed by atoms with Crippen molar-refractivity contribution in [3.63, 3.8) is 0 Å². The van der Waals surface area contributed by atoms with E-state index in [-0.39, 0.29) is 55.0 Å². The summed E-state index contributed by atoms with van der Waals surface area (Å²) in [6, 6.07) is 8.61. The van der Waals surface area contributed by atoms with Crippen LogP contribution in [0.2, 0.25) is 0 Å². The summed E-state index contributed by atoms with van der Waals surface area (Å²) in [5, 5.41) is 42.2. The molecule has 0 amide bonds. The number of methoxy groups -OCH3 is 2. The van der Waals surface area contributed by atoms with E-state index < -0.39 is 37.7 Å². The van der Waals surface area contributed by atoms with Gasteiger partial charge in [-0.3, -0.25) is 13.9 Å². The molecule has 0 spiro atoms. The molecule has 4 rings (SSSR count). The predicted molar refractivity (Wildman–Crippen MR) is 455 cm³/mol. The van der Waals surface area contributed by atoms with Gasteiger partial charge in [-0.15, -0.1) is 0 Å². The molecule has 752 valence electrons. The molecule has 47 heteroatoms. The Kier molecular flexibility index (Phi) is 71.2. The van der Waals surface area contributed by atoms with Crippen LogP contribution < -0.4 is 4.90 Å². The van der Waals surface area contributed by atoms with Crippen LogP contribution in [-0.4, -0.2) is 398 Å². The van der Waals surface area contributed by atoms with Crippen LogP contribution in [0.1, 0.15) is 64.0 Å². The van der Waals surface area contributed by atoms with Gasteiger partial charge in [-0.1, -0.05) is 18.9 Å². The second-order valence-electron chi connectivity index (χ2n) is 28.2. The summed E-state index contributed by atoms with van der Waals surface area (Å²) in [4.78, 5) is 22.8. The van der Waals surface area contributed by atoms with Crippen molar-refractivity contribution in [2.24, 2.45) is 0 Å². The van der Waals surface area contributed by atoms with Crippen molar-refractivity contribution in [1.29, 1.82) is 0 Å². The number of carbonyl (C=O) groups is 1. The smallest absolute Gasteiger partial charge is 0.294 e. The average molecular weight is 1920 g/mol. The molecule has 0 fully saturated rings. The van der Waals surface area contributed by atoms with E-state index in [2.05, 4.69) is 49.9 Å². The third-order valence-corrected chi connectivity index (χ3v) is 20.2. The second kappa shape index (κ2) is 79.0. The van der Waals surface area contributed by atoms with Gasteiger partial charge in [0.1, 0.15) is 19.5 Å². The van der Waals surface area contributed by atoms with Crippen LogP contribution in [0.5, 0.6) is 0 Å². The largest absolute Gasteiger partial charge is 0.501 e. The maximum Gasteiger partial charge on any atom is 0.294 e. The van der Waals surface area contributed by atoms with Crippen LogP contribution in [0.3, 0.4) is 0 Å². The van der Waals surface area contributed by atoms with Crippen molar-refractivity contribution in [3.8, 4) is 0 Å². The summed E-state index contributed by atoms with van der Waals surface area (Å²) in [7, 11) is -6.26. The van der Waals surface area contributed by atoms with Gasteiger partial charge in [0.25, 0.3) is 20.2 Å². The van der Waals surface area contributed by atoms with Gasteiger partial charge in [-0.25, -0.2) is 0 Å². The fraction of sp³-hybridized carbons (Fsp3) is 0.759. The summed E-state index contributed by atoms with van der Waals surface area (Å²) >= 11 is 0. The van der Waals surface area contributed by atoms with Crippen LogP contribution in [-0.2, 0) is 204 Å². The van der Waals surface area contributed by atoms with Crippen molar-refractivity contribution >= 4 is 43.1 Å². The molecule has 2 aromatic rings. The van der Waals surface area contributed by atoms with Crippen molar-refractivity contribution in [2.75, 3.05) is 356 Å². The molecule has 3 N–H and O–H groups in total. The van der Waals surface area contributed by atoms with E-state index in [1.165, 1.54) is 31.4 Å². The van der Waals surface area contributed by atoms with Crippen LogP contribution in [0, 0.1) is 0 Å². The summed E-state index contributed by atoms with van der Waals surface area (Å²) in [5.74, 6) is -0.283. The molecule has 0 aliphatic carbocycles. The number of ketones is 1. The van der Waals surface area contributed by atoms with Crippen molar-refractivity contribution in [3.05, 3.63) is 84.0 Å². The Morgan fingerprint density at radius 1 is 0.385 bits per heavy atom. The highest BCUT2D eigenvalue weighted by Gasteiger charge is 2.46. The average Bonchev–Trinajstić information content (AvgIpc) is 1.58. The number of allylic oxidation sites excluding steroid dienone is 4. The highest BCUT2D eigenvalue weighted by molar-refractivity contribution is 7.86. The summed E-state index contributed by atoms with van der Waals surface area (Å²) in [6.07, 6.45) is 9.95. The summed E-state index contributed by atoms with van der Waals surface area (Å²) in [6.45, 7) is 26.0. The van der Waals surface area contributed by atoms with E-state index in [1.807, 2.05) is 42.4 Å². The number of hydrogen-bond acceptors (Lipinski definition) is 42. The van der Waals surface area contributed by atoms with E-state index in [9.17, 15) is 35.8 Å². The topological polar surface area (TPSA) is 475 Å². The lowest BCUT2D eigenvalue weighted by molar-refractivity contribution is -0.843. The molecule has 1 unspecified atom stereocenters. The molecule has 0 saturated heterocycles. The molecule has 0 radical (unpaired) electrons. The molecule has 2 aromatic carbocycles. The molecule has 2 aliphatic heterocycles. The summed E-state index contributed by atoms with van der Waals surface area (Å²) < 4.78 is 210. The first kappa shape index (κ1) is 117. The van der Waals surface area contributed by atoms with Crippen LogP contribution in [0.4, 0.5) is 11.4 Å². The molecule has 2 aliphatic rings. The number of Topliss-reactive ketones (excluding diaryl/α,β-unsaturated/α-hetero) is 1. The number of hydrogen-bond donors (Lipinski definition) is 3. The van der Waals surface area contributed by atoms with Gasteiger partial charge in [-0.05, 0) is 95.7 Å². The quantitative estimate of drug-likeness (QED) is 0.0199. The number of carbonyl (C=O) groups excluding carboxylic acids is 1. The Labute approximate surface area is 762 Å². The van der Waals surface area contributed by atoms with Gasteiger partial charge in [0, 0.05) is 74.7 Å². The number of fused-ring (bicyclic) bond motifs is 2. The highest BCUT2D eigenvalue weighted by atomic mass is 32.2. The molecule has 0 aromatic heterocycles. The Balaban J connectivity index is 0.929. The van der Waals surface area contributed by atoms with Gasteiger partial charge in [0.05, 0.1) is 333 Å². The van der Waals surface area contributed by atoms with Gasteiger partial charge < -0.3 is 133 Å². The Hall–Kier alpha value is -5.14. The van der Waals surface area contributed by atoms with E-state index in [4.69, 9.17) is 119 Å². The lowest BCUT2D eigenvalue weighted by Gasteiger charge is -2.30. The number of aliphatic hydroxyl groups is 1. The summed E-state index contributed by atoms with van der Waals surface area (Å²) in [5.41, 5.74) is 1.98. The molecule has 0 bridgehead atoms. The molecule has 2 heterocycles. The van der Waals surface area contributed by atoms with Gasteiger partial charge in [0.2, 0.25) is 5.69 Å². The molecule has 1 atom stereocenters. The predicted octanol–water partition coefficient (Wildman–Crippen LogP) is 4.83. The lowest BCUT2D eigenvalue weighted by Crippen LogP contribution is -2.31. The normalized spacial score (nSPS) is 14.9. The number of anilines is 1. The van der Waals surface area contributed by atoms with Crippen LogP contribution in [0.25, 0.3) is 0 Å². The van der Waals surface area contributed by atoms with Gasteiger partial charge in [-0.2, -0.15) is 26.3 Å². The highest BCUT2D eigenvalue weighted by Crippen LogP contribution is 2.52. The van der Waals surface area contributed by atoms with Crippen molar-refractivity contribution < 1.29 is 209 Å². The van der Waals surface area contributed by atoms with E-state index >= 15 is 0 Å². The number of unbranched alkanes of at least 4 members (excludes halogenated alkanes) is 2.